The quantitative estimate of drug-likeness (QED) is 0.581. The summed E-state index contributed by atoms with van der Waals surface area (Å²) in [6.45, 7) is 4.38. The Morgan fingerprint density at radius 1 is 1.21 bits per heavy atom. The zero-order chi connectivity index (χ0) is 17.5. The van der Waals surface area contributed by atoms with Crippen molar-refractivity contribution in [1.82, 2.24) is 4.98 Å². The monoisotopic (exact) mass is 349 g/mol. The molecule has 128 valence electrons. The summed E-state index contributed by atoms with van der Waals surface area (Å²) in [5.74, 6) is 0.0153. The number of carbonyl (C=O) groups is 2. The van der Waals surface area contributed by atoms with Crippen molar-refractivity contribution in [3.63, 3.8) is 0 Å². The SMILES string of the molecule is CCCOC(=O)Cc1[nH]c(C(=O)Cl)c(OCc2ccccc2)c1C. The lowest BCUT2D eigenvalue weighted by Gasteiger charge is -2.07. The van der Waals surface area contributed by atoms with Gasteiger partial charge in [-0.3, -0.25) is 9.59 Å². The number of nitrogens with one attached hydrogen (secondary N) is 1. The number of benzene rings is 1. The summed E-state index contributed by atoms with van der Waals surface area (Å²) < 4.78 is 10.8. The topological polar surface area (TPSA) is 68.4 Å². The maximum absolute atomic E-state index is 11.8. The Balaban J connectivity index is 2.17. The number of esters is 1. The van der Waals surface area contributed by atoms with Crippen molar-refractivity contribution in [2.24, 2.45) is 0 Å². The van der Waals surface area contributed by atoms with Crippen LogP contribution in [-0.2, 0) is 22.6 Å². The molecule has 1 aromatic heterocycles. The minimum absolute atomic E-state index is 0.0394. The summed E-state index contributed by atoms with van der Waals surface area (Å²) in [6.07, 6.45) is 0.796. The molecule has 0 bridgehead atoms. The van der Waals surface area contributed by atoms with E-state index in [0.29, 0.717) is 30.2 Å². The van der Waals surface area contributed by atoms with Gasteiger partial charge in [-0.25, -0.2) is 0 Å². The second-order valence-electron chi connectivity index (χ2n) is 5.38. The number of H-pyrrole nitrogens is 1. The van der Waals surface area contributed by atoms with Gasteiger partial charge in [0.15, 0.2) is 5.75 Å². The number of hydrogen-bond donors (Lipinski definition) is 1. The van der Waals surface area contributed by atoms with Crippen LogP contribution in [0.4, 0.5) is 0 Å². The molecule has 0 saturated carbocycles. The Morgan fingerprint density at radius 2 is 1.92 bits per heavy atom. The van der Waals surface area contributed by atoms with Crippen molar-refractivity contribution >= 4 is 22.8 Å². The summed E-state index contributed by atoms with van der Waals surface area (Å²) in [5, 5.41) is -0.658. The Labute approximate surface area is 145 Å². The van der Waals surface area contributed by atoms with Gasteiger partial charge in [0.1, 0.15) is 12.3 Å². The Hall–Kier alpha value is -2.27. The molecule has 0 amide bonds. The fourth-order valence-corrected chi connectivity index (χ4v) is 2.40. The van der Waals surface area contributed by atoms with E-state index in [0.717, 1.165) is 12.0 Å². The standard InChI is InChI=1S/C18H20ClNO4/c1-3-9-23-15(21)10-14-12(2)17(16(20-14)18(19)22)24-11-13-7-5-4-6-8-13/h4-8,20H,3,9-11H2,1-2H3. The van der Waals surface area contributed by atoms with Gasteiger partial charge in [0.05, 0.1) is 13.0 Å². The third-order valence-electron chi connectivity index (χ3n) is 3.51. The molecule has 0 saturated heterocycles. The Morgan fingerprint density at radius 3 is 2.54 bits per heavy atom. The predicted octanol–water partition coefficient (Wildman–Crippen LogP) is 3.78. The van der Waals surface area contributed by atoms with Gasteiger partial charge in [-0.05, 0) is 30.5 Å². The van der Waals surface area contributed by atoms with E-state index in [9.17, 15) is 9.59 Å². The third-order valence-corrected chi connectivity index (χ3v) is 3.70. The maximum Gasteiger partial charge on any atom is 0.311 e. The average Bonchev–Trinajstić information content (AvgIpc) is 2.88. The van der Waals surface area contributed by atoms with E-state index < -0.39 is 5.24 Å². The minimum Gasteiger partial charge on any atom is -0.486 e. The van der Waals surface area contributed by atoms with Gasteiger partial charge < -0.3 is 14.5 Å². The molecule has 0 atom stereocenters. The van der Waals surface area contributed by atoms with Gasteiger partial charge in [-0.1, -0.05) is 37.3 Å². The van der Waals surface area contributed by atoms with Crippen molar-refractivity contribution in [3.8, 4) is 5.75 Å². The largest absolute Gasteiger partial charge is 0.486 e. The van der Waals surface area contributed by atoms with E-state index in [1.165, 1.54) is 0 Å². The molecule has 2 aromatic rings. The summed E-state index contributed by atoms with van der Waals surface area (Å²) >= 11 is 5.63. The molecule has 0 unspecified atom stereocenters. The van der Waals surface area contributed by atoms with E-state index in [1.807, 2.05) is 37.3 Å². The number of aromatic amines is 1. The van der Waals surface area contributed by atoms with Crippen molar-refractivity contribution in [2.75, 3.05) is 6.61 Å². The third kappa shape index (κ3) is 4.61. The van der Waals surface area contributed by atoms with Crippen LogP contribution in [0.15, 0.2) is 30.3 Å². The van der Waals surface area contributed by atoms with Crippen molar-refractivity contribution in [1.29, 1.82) is 0 Å². The minimum atomic E-state index is -0.658. The van der Waals surface area contributed by atoms with E-state index in [2.05, 4.69) is 4.98 Å². The first-order chi connectivity index (χ1) is 11.5. The van der Waals surface area contributed by atoms with E-state index in [1.54, 1.807) is 6.92 Å². The number of ether oxygens (including phenoxy) is 2. The van der Waals surface area contributed by atoms with Gasteiger partial charge in [0.25, 0.3) is 5.24 Å². The first kappa shape index (κ1) is 18.1. The van der Waals surface area contributed by atoms with Crippen LogP contribution >= 0.6 is 11.6 Å². The maximum atomic E-state index is 11.8. The van der Waals surface area contributed by atoms with Crippen LogP contribution in [0.5, 0.6) is 5.75 Å². The lowest BCUT2D eigenvalue weighted by atomic mass is 10.2. The van der Waals surface area contributed by atoms with Crippen LogP contribution in [0.1, 0.15) is 40.7 Å². The van der Waals surface area contributed by atoms with Crippen molar-refractivity contribution < 1.29 is 19.1 Å². The molecule has 6 heteroatoms. The summed E-state index contributed by atoms with van der Waals surface area (Å²) in [5.41, 5.74) is 2.38. The molecule has 5 nitrogen and oxygen atoms in total. The number of rotatable bonds is 8. The lowest BCUT2D eigenvalue weighted by molar-refractivity contribution is -0.142. The molecule has 24 heavy (non-hydrogen) atoms. The molecular formula is C18H20ClNO4. The molecule has 0 spiro atoms. The highest BCUT2D eigenvalue weighted by Crippen LogP contribution is 2.29. The summed E-state index contributed by atoms with van der Waals surface area (Å²) in [7, 11) is 0. The van der Waals surface area contributed by atoms with Crippen LogP contribution in [0.25, 0.3) is 0 Å². The van der Waals surface area contributed by atoms with Crippen molar-refractivity contribution in [3.05, 3.63) is 52.8 Å². The zero-order valence-electron chi connectivity index (χ0n) is 13.7. The number of halogens is 1. The normalized spacial score (nSPS) is 10.5. The molecule has 0 aliphatic carbocycles. The number of hydrogen-bond acceptors (Lipinski definition) is 4. The molecule has 0 aliphatic heterocycles. The smallest absolute Gasteiger partial charge is 0.311 e. The van der Waals surface area contributed by atoms with Gasteiger partial charge in [0.2, 0.25) is 0 Å². The molecule has 2 rings (SSSR count). The first-order valence-electron chi connectivity index (χ1n) is 7.76. The number of carbonyl (C=O) groups excluding carboxylic acids is 2. The van der Waals surface area contributed by atoms with Gasteiger partial charge in [-0.2, -0.15) is 0 Å². The van der Waals surface area contributed by atoms with Gasteiger partial charge >= 0.3 is 5.97 Å². The van der Waals surface area contributed by atoms with Crippen LogP contribution in [0.2, 0.25) is 0 Å². The fraction of sp³-hybridized carbons (Fsp3) is 0.333. The second-order valence-corrected chi connectivity index (χ2v) is 5.72. The van der Waals surface area contributed by atoms with Crippen LogP contribution in [0.3, 0.4) is 0 Å². The predicted molar refractivity (Wildman–Crippen MR) is 91.4 cm³/mol. The zero-order valence-corrected chi connectivity index (χ0v) is 14.5. The van der Waals surface area contributed by atoms with E-state index >= 15 is 0 Å². The Kier molecular flexibility index (Phi) is 6.44. The second kappa shape index (κ2) is 8.55. The van der Waals surface area contributed by atoms with Gasteiger partial charge in [0, 0.05) is 11.3 Å². The molecular weight excluding hydrogens is 330 g/mol. The summed E-state index contributed by atoms with van der Waals surface area (Å²) in [4.78, 5) is 26.3. The van der Waals surface area contributed by atoms with Crippen molar-refractivity contribution in [2.45, 2.75) is 33.3 Å². The first-order valence-corrected chi connectivity index (χ1v) is 8.14. The number of aromatic nitrogens is 1. The molecule has 0 aliphatic rings. The van der Waals surface area contributed by atoms with Crippen LogP contribution in [0, 0.1) is 6.92 Å². The van der Waals surface area contributed by atoms with Gasteiger partial charge in [-0.15, -0.1) is 0 Å². The highest BCUT2D eigenvalue weighted by atomic mass is 35.5. The highest BCUT2D eigenvalue weighted by molar-refractivity contribution is 6.67. The fourth-order valence-electron chi connectivity index (χ4n) is 2.26. The average molecular weight is 350 g/mol. The molecule has 1 aromatic carbocycles. The van der Waals surface area contributed by atoms with E-state index in [-0.39, 0.29) is 18.1 Å². The molecule has 1 heterocycles. The molecule has 0 radical (unpaired) electrons. The van der Waals surface area contributed by atoms with E-state index in [4.69, 9.17) is 21.1 Å². The molecule has 1 N–H and O–H groups in total. The Bertz CT molecular complexity index is 709. The lowest BCUT2D eigenvalue weighted by Crippen LogP contribution is -2.09. The summed E-state index contributed by atoms with van der Waals surface area (Å²) in [6, 6.07) is 9.58. The molecule has 0 fully saturated rings. The highest BCUT2D eigenvalue weighted by Gasteiger charge is 2.22. The van der Waals surface area contributed by atoms with Crippen LogP contribution < -0.4 is 4.74 Å². The van der Waals surface area contributed by atoms with Crippen LogP contribution in [-0.4, -0.2) is 22.8 Å².